The van der Waals surface area contributed by atoms with Gasteiger partial charge in [-0.15, -0.1) is 13.2 Å². The molecular formula is C7H4BrCl2F3O3S. The van der Waals surface area contributed by atoms with E-state index >= 15 is 0 Å². The topological polar surface area (TPSA) is 43.4 Å². The van der Waals surface area contributed by atoms with E-state index in [-0.39, 0.29) is 5.75 Å². The summed E-state index contributed by atoms with van der Waals surface area (Å²) in [4.78, 5) is 0. The Bertz CT molecular complexity index is 456. The minimum Gasteiger partial charge on any atom is -0.406 e. The third-order valence-electron chi connectivity index (χ3n) is 1.03. The van der Waals surface area contributed by atoms with E-state index in [0.29, 0.717) is 4.47 Å². The largest absolute Gasteiger partial charge is 0.573 e. The Morgan fingerprint density at radius 3 is 2.06 bits per heavy atom. The monoisotopic (exact) mass is 374 g/mol. The molecule has 0 saturated carbocycles. The quantitative estimate of drug-likeness (QED) is 0.695. The number of hydrogen-bond donors (Lipinski definition) is 0. The summed E-state index contributed by atoms with van der Waals surface area (Å²) in [5.41, 5.74) is 0. The summed E-state index contributed by atoms with van der Waals surface area (Å²) in [6, 6.07) is 5.56. The van der Waals surface area contributed by atoms with Gasteiger partial charge in [0.1, 0.15) is 5.75 Å². The van der Waals surface area contributed by atoms with E-state index in [1.54, 1.807) is 6.07 Å². The fraction of sp³-hybridized carbons (Fsp3) is 0.143. The van der Waals surface area contributed by atoms with E-state index in [2.05, 4.69) is 42.0 Å². The van der Waals surface area contributed by atoms with Gasteiger partial charge < -0.3 is 4.74 Å². The number of rotatable bonds is 1. The standard InChI is InChI=1S/C7H4BrF3O.Cl2O2S/c8-5-2-1-3-6(4-5)12-7(9,10)11;1-5(2,3)4/h1-4H;. The van der Waals surface area contributed by atoms with Crippen molar-refractivity contribution in [3.63, 3.8) is 0 Å². The van der Waals surface area contributed by atoms with Crippen LogP contribution in [0.3, 0.4) is 0 Å². The summed E-state index contributed by atoms with van der Waals surface area (Å²) >= 11 is 3.02. The van der Waals surface area contributed by atoms with Crippen LogP contribution in [0.2, 0.25) is 0 Å². The van der Waals surface area contributed by atoms with Crippen LogP contribution in [-0.2, 0) is 8.26 Å². The maximum Gasteiger partial charge on any atom is 0.573 e. The SMILES string of the molecule is FC(F)(F)Oc1cccc(Br)c1.O=S(=O)(Cl)Cl. The summed E-state index contributed by atoms with van der Waals surface area (Å²) < 4.78 is 57.4. The Balaban J connectivity index is 0.000000437. The minimum absolute atomic E-state index is 0.225. The number of halogens is 6. The molecule has 0 bridgehead atoms. The second kappa shape index (κ2) is 6.67. The lowest BCUT2D eigenvalue weighted by atomic mass is 10.3. The van der Waals surface area contributed by atoms with Gasteiger partial charge in [-0.05, 0) is 18.2 Å². The molecule has 17 heavy (non-hydrogen) atoms. The first-order valence-electron chi connectivity index (χ1n) is 3.63. The molecule has 0 fully saturated rings. The van der Waals surface area contributed by atoms with Gasteiger partial charge in [-0.2, -0.15) is 8.42 Å². The van der Waals surface area contributed by atoms with Crippen molar-refractivity contribution in [1.29, 1.82) is 0 Å². The second-order valence-corrected chi connectivity index (χ2v) is 6.97. The summed E-state index contributed by atoms with van der Waals surface area (Å²) in [7, 11) is 4.81. The molecule has 0 aliphatic carbocycles. The van der Waals surface area contributed by atoms with Crippen LogP contribution in [0.4, 0.5) is 13.2 Å². The van der Waals surface area contributed by atoms with E-state index in [0.717, 1.165) is 0 Å². The molecule has 1 rings (SSSR count). The van der Waals surface area contributed by atoms with Crippen molar-refractivity contribution in [1.82, 2.24) is 0 Å². The van der Waals surface area contributed by atoms with Gasteiger partial charge in [0.05, 0.1) is 0 Å². The van der Waals surface area contributed by atoms with Crippen molar-refractivity contribution in [2.24, 2.45) is 0 Å². The van der Waals surface area contributed by atoms with Gasteiger partial charge in [0.25, 0.3) is 0 Å². The molecule has 1 aromatic rings. The Morgan fingerprint density at radius 2 is 1.71 bits per heavy atom. The normalized spacial score (nSPS) is 11.4. The molecule has 0 amide bonds. The molecule has 0 spiro atoms. The summed E-state index contributed by atoms with van der Waals surface area (Å²) in [5.74, 6) is -0.225. The Labute approximate surface area is 113 Å². The molecule has 0 aliphatic heterocycles. The van der Waals surface area contributed by atoms with Crippen molar-refractivity contribution < 1.29 is 26.3 Å². The Kier molecular flexibility index (Phi) is 6.60. The predicted octanol–water partition coefficient (Wildman–Crippen LogP) is 4.06. The fourth-order valence-corrected chi connectivity index (χ4v) is 1.04. The highest BCUT2D eigenvalue weighted by molar-refractivity contribution is 9.10. The molecule has 0 aliphatic rings. The first-order valence-corrected chi connectivity index (χ1v) is 7.56. The number of ether oxygens (including phenoxy) is 1. The van der Waals surface area contributed by atoms with Crippen LogP contribution in [0.25, 0.3) is 0 Å². The predicted molar refractivity (Wildman–Crippen MR) is 61.5 cm³/mol. The van der Waals surface area contributed by atoms with Crippen molar-refractivity contribution in [3.8, 4) is 5.75 Å². The molecule has 1 aromatic carbocycles. The third-order valence-corrected chi connectivity index (χ3v) is 1.52. The van der Waals surface area contributed by atoms with Gasteiger partial charge in [0.2, 0.25) is 0 Å². The van der Waals surface area contributed by atoms with E-state index in [9.17, 15) is 13.2 Å². The van der Waals surface area contributed by atoms with Crippen LogP contribution in [0.1, 0.15) is 0 Å². The molecule has 0 atom stereocenters. The van der Waals surface area contributed by atoms with Crippen molar-refractivity contribution >= 4 is 45.6 Å². The van der Waals surface area contributed by atoms with Gasteiger partial charge in [-0.3, -0.25) is 0 Å². The lowest BCUT2D eigenvalue weighted by Crippen LogP contribution is -2.16. The smallest absolute Gasteiger partial charge is 0.406 e. The molecule has 0 heterocycles. The molecule has 0 radical (unpaired) electrons. The lowest BCUT2D eigenvalue weighted by molar-refractivity contribution is -0.274. The van der Waals surface area contributed by atoms with E-state index in [1.807, 2.05) is 0 Å². The molecule has 3 nitrogen and oxygen atoms in total. The van der Waals surface area contributed by atoms with Crippen molar-refractivity contribution in [3.05, 3.63) is 28.7 Å². The molecular weight excluding hydrogens is 372 g/mol. The van der Waals surface area contributed by atoms with Crippen LogP contribution >= 0.6 is 37.3 Å². The van der Waals surface area contributed by atoms with Crippen molar-refractivity contribution in [2.45, 2.75) is 6.36 Å². The van der Waals surface area contributed by atoms with Gasteiger partial charge in [-0.25, -0.2) is 0 Å². The van der Waals surface area contributed by atoms with Crippen LogP contribution in [0.5, 0.6) is 5.75 Å². The van der Waals surface area contributed by atoms with Crippen LogP contribution in [-0.4, -0.2) is 14.8 Å². The highest BCUT2D eigenvalue weighted by Gasteiger charge is 2.30. The highest BCUT2D eigenvalue weighted by atomic mass is 79.9. The maximum absolute atomic E-state index is 11.6. The summed E-state index contributed by atoms with van der Waals surface area (Å²) in [5, 5.41) is 0. The third kappa shape index (κ3) is 13.8. The average molecular weight is 376 g/mol. The first-order chi connectivity index (χ1) is 7.47. The zero-order chi connectivity index (χ0) is 13.7. The molecule has 0 aromatic heterocycles. The van der Waals surface area contributed by atoms with Gasteiger partial charge in [-0.1, -0.05) is 22.0 Å². The van der Waals surface area contributed by atoms with Crippen LogP contribution in [0, 0.1) is 0 Å². The molecule has 0 saturated heterocycles. The summed E-state index contributed by atoms with van der Waals surface area (Å²) in [6.45, 7) is 0. The van der Waals surface area contributed by atoms with E-state index in [4.69, 9.17) is 8.42 Å². The number of alkyl halides is 3. The fourth-order valence-electron chi connectivity index (χ4n) is 0.664. The minimum atomic E-state index is -4.62. The zero-order valence-corrected chi connectivity index (χ0v) is 11.6. The maximum atomic E-state index is 11.6. The summed E-state index contributed by atoms with van der Waals surface area (Å²) in [6.07, 6.45) is -4.62. The van der Waals surface area contributed by atoms with Crippen LogP contribution in [0.15, 0.2) is 28.7 Å². The lowest BCUT2D eigenvalue weighted by Gasteiger charge is -2.08. The number of hydrogen-bond acceptors (Lipinski definition) is 3. The average Bonchev–Trinajstić information content (AvgIpc) is 1.96. The number of benzene rings is 1. The molecule has 98 valence electrons. The van der Waals surface area contributed by atoms with E-state index < -0.39 is 14.6 Å². The Hall–Kier alpha value is -0.180. The molecule has 0 unspecified atom stereocenters. The highest BCUT2D eigenvalue weighted by Crippen LogP contribution is 2.24. The van der Waals surface area contributed by atoms with Crippen LogP contribution < -0.4 is 4.74 Å². The molecule has 0 N–H and O–H groups in total. The first kappa shape index (κ1) is 16.8. The van der Waals surface area contributed by atoms with Gasteiger partial charge >= 0.3 is 14.6 Å². The van der Waals surface area contributed by atoms with Gasteiger partial charge in [0, 0.05) is 25.8 Å². The second-order valence-electron chi connectivity index (χ2n) is 2.38. The molecule has 10 heteroatoms. The zero-order valence-electron chi connectivity index (χ0n) is 7.71. The van der Waals surface area contributed by atoms with E-state index in [1.165, 1.54) is 18.2 Å². The Morgan fingerprint density at radius 1 is 1.24 bits per heavy atom. The van der Waals surface area contributed by atoms with Crippen molar-refractivity contribution in [2.75, 3.05) is 0 Å². The van der Waals surface area contributed by atoms with Gasteiger partial charge in [0.15, 0.2) is 0 Å².